The number of benzene rings is 1. The first-order chi connectivity index (χ1) is 6.18. The fraction of sp³-hybridized carbons (Fsp3) is 0. The predicted octanol–water partition coefficient (Wildman–Crippen LogP) is 3.21. The van der Waals surface area contributed by atoms with E-state index in [0.29, 0.717) is 10.6 Å². The summed E-state index contributed by atoms with van der Waals surface area (Å²) in [6.07, 6.45) is 0. The zero-order chi connectivity index (χ0) is 9.42. The average Bonchev–Trinajstić information content (AvgIpc) is 2.02. The quantitative estimate of drug-likeness (QED) is 0.680. The van der Waals surface area contributed by atoms with Crippen molar-refractivity contribution < 1.29 is 4.42 Å². The van der Waals surface area contributed by atoms with E-state index in [0.717, 1.165) is 9.86 Å². The molecule has 1 heterocycles. The smallest absolute Gasteiger partial charge is 0.337 e. The SMILES string of the molecule is O=c1cc(Cl)c2c(Br)cccc2o1. The lowest BCUT2D eigenvalue weighted by Crippen LogP contribution is -1.95. The van der Waals surface area contributed by atoms with Crippen LogP contribution in [0.2, 0.25) is 5.02 Å². The van der Waals surface area contributed by atoms with Gasteiger partial charge in [-0.1, -0.05) is 17.7 Å². The normalized spacial score (nSPS) is 10.6. The van der Waals surface area contributed by atoms with Crippen LogP contribution < -0.4 is 5.63 Å². The second kappa shape index (κ2) is 3.16. The average molecular weight is 259 g/mol. The lowest BCUT2D eigenvalue weighted by Gasteiger charge is -1.99. The Morgan fingerprint density at radius 2 is 2.15 bits per heavy atom. The van der Waals surface area contributed by atoms with E-state index in [2.05, 4.69) is 15.9 Å². The highest BCUT2D eigenvalue weighted by molar-refractivity contribution is 9.10. The molecule has 0 aliphatic heterocycles. The van der Waals surface area contributed by atoms with Crippen molar-refractivity contribution >= 4 is 38.5 Å². The number of fused-ring (bicyclic) bond motifs is 1. The van der Waals surface area contributed by atoms with Gasteiger partial charge < -0.3 is 4.42 Å². The van der Waals surface area contributed by atoms with Gasteiger partial charge in [0.1, 0.15) is 5.58 Å². The van der Waals surface area contributed by atoms with Gasteiger partial charge in [-0.25, -0.2) is 4.79 Å². The minimum atomic E-state index is -0.435. The van der Waals surface area contributed by atoms with Gasteiger partial charge in [0.05, 0.1) is 10.4 Å². The van der Waals surface area contributed by atoms with Crippen LogP contribution in [0.25, 0.3) is 11.0 Å². The second-order valence-corrected chi connectivity index (χ2v) is 3.79. The Balaban J connectivity index is 3.03. The van der Waals surface area contributed by atoms with Crippen LogP contribution in [-0.2, 0) is 0 Å². The van der Waals surface area contributed by atoms with Gasteiger partial charge in [-0.2, -0.15) is 0 Å². The summed E-state index contributed by atoms with van der Waals surface area (Å²) in [5.74, 6) is 0. The van der Waals surface area contributed by atoms with Crippen LogP contribution in [0.3, 0.4) is 0 Å². The summed E-state index contributed by atoms with van der Waals surface area (Å²) in [6, 6.07) is 6.59. The molecular formula is C9H4BrClO2. The number of hydrogen-bond donors (Lipinski definition) is 0. The monoisotopic (exact) mass is 258 g/mol. The number of hydrogen-bond acceptors (Lipinski definition) is 2. The largest absolute Gasteiger partial charge is 0.423 e. The summed E-state index contributed by atoms with van der Waals surface area (Å²) in [7, 11) is 0. The van der Waals surface area contributed by atoms with Crippen molar-refractivity contribution in [1.82, 2.24) is 0 Å². The van der Waals surface area contributed by atoms with Gasteiger partial charge in [-0.15, -0.1) is 0 Å². The molecule has 0 atom stereocenters. The molecule has 4 heteroatoms. The Bertz CT molecular complexity index is 518. The van der Waals surface area contributed by atoms with Gasteiger partial charge >= 0.3 is 5.63 Å². The van der Waals surface area contributed by atoms with E-state index in [9.17, 15) is 4.79 Å². The van der Waals surface area contributed by atoms with Crippen LogP contribution in [0.5, 0.6) is 0 Å². The van der Waals surface area contributed by atoms with Gasteiger partial charge in [0.15, 0.2) is 0 Å². The maximum atomic E-state index is 10.9. The third kappa shape index (κ3) is 1.49. The molecule has 0 unspecified atom stereocenters. The highest BCUT2D eigenvalue weighted by atomic mass is 79.9. The third-order valence-corrected chi connectivity index (χ3v) is 2.63. The molecule has 0 N–H and O–H groups in total. The van der Waals surface area contributed by atoms with E-state index >= 15 is 0 Å². The van der Waals surface area contributed by atoms with Gasteiger partial charge in [-0.05, 0) is 28.1 Å². The van der Waals surface area contributed by atoms with Gasteiger partial charge in [0.25, 0.3) is 0 Å². The van der Waals surface area contributed by atoms with Crippen molar-refractivity contribution in [3.63, 3.8) is 0 Å². The maximum Gasteiger partial charge on any atom is 0.337 e. The maximum absolute atomic E-state index is 10.9. The Kier molecular flexibility index (Phi) is 2.14. The summed E-state index contributed by atoms with van der Waals surface area (Å²) >= 11 is 9.20. The van der Waals surface area contributed by atoms with E-state index in [1.54, 1.807) is 12.1 Å². The summed E-state index contributed by atoms with van der Waals surface area (Å²) in [6.45, 7) is 0. The fourth-order valence-electron chi connectivity index (χ4n) is 1.13. The fourth-order valence-corrected chi connectivity index (χ4v) is 2.09. The van der Waals surface area contributed by atoms with E-state index in [1.807, 2.05) is 6.07 Å². The van der Waals surface area contributed by atoms with E-state index < -0.39 is 5.63 Å². The molecule has 2 rings (SSSR count). The lowest BCUT2D eigenvalue weighted by atomic mass is 10.2. The van der Waals surface area contributed by atoms with Crippen LogP contribution >= 0.6 is 27.5 Å². The first-order valence-corrected chi connectivity index (χ1v) is 4.73. The molecule has 2 aromatic rings. The second-order valence-electron chi connectivity index (χ2n) is 2.53. The van der Waals surface area contributed by atoms with Crippen LogP contribution in [0.15, 0.2) is 37.9 Å². The highest BCUT2D eigenvalue weighted by Crippen LogP contribution is 2.28. The molecular weight excluding hydrogens is 255 g/mol. The Hall–Kier alpha value is -0.800. The summed E-state index contributed by atoms with van der Waals surface area (Å²) in [5.41, 5.74) is 0.0578. The highest BCUT2D eigenvalue weighted by Gasteiger charge is 2.05. The third-order valence-electron chi connectivity index (χ3n) is 1.67. The molecule has 1 aromatic carbocycles. The molecule has 0 radical (unpaired) electrons. The molecule has 0 fully saturated rings. The molecule has 0 aliphatic rings. The molecule has 0 bridgehead atoms. The first-order valence-electron chi connectivity index (χ1n) is 3.56. The molecule has 0 spiro atoms. The Morgan fingerprint density at radius 1 is 1.38 bits per heavy atom. The van der Waals surface area contributed by atoms with Crippen molar-refractivity contribution in [3.05, 3.63) is 44.2 Å². The summed E-state index contributed by atoms with van der Waals surface area (Å²) in [5, 5.41) is 1.13. The Labute approximate surface area is 87.3 Å². The van der Waals surface area contributed by atoms with Crippen LogP contribution in [0, 0.1) is 0 Å². The van der Waals surface area contributed by atoms with Gasteiger partial charge in [-0.3, -0.25) is 0 Å². The van der Waals surface area contributed by atoms with Crippen molar-refractivity contribution in [1.29, 1.82) is 0 Å². The van der Waals surface area contributed by atoms with Gasteiger partial charge in [0.2, 0.25) is 0 Å². The molecule has 66 valence electrons. The summed E-state index contributed by atoms with van der Waals surface area (Å²) < 4.78 is 5.77. The Morgan fingerprint density at radius 3 is 2.92 bits per heavy atom. The minimum absolute atomic E-state index is 0.402. The van der Waals surface area contributed by atoms with Gasteiger partial charge in [0, 0.05) is 10.5 Å². The lowest BCUT2D eigenvalue weighted by molar-refractivity contribution is 0.561. The zero-order valence-corrected chi connectivity index (χ0v) is 8.72. The van der Waals surface area contributed by atoms with Crippen molar-refractivity contribution in [2.24, 2.45) is 0 Å². The van der Waals surface area contributed by atoms with Crippen molar-refractivity contribution in [3.8, 4) is 0 Å². The number of halogens is 2. The molecule has 0 saturated heterocycles. The standard InChI is InChI=1S/C9H4BrClO2/c10-5-2-1-3-7-9(5)6(11)4-8(12)13-7/h1-4H. The van der Waals surface area contributed by atoms with Crippen LogP contribution in [-0.4, -0.2) is 0 Å². The van der Waals surface area contributed by atoms with Crippen LogP contribution in [0.1, 0.15) is 0 Å². The van der Waals surface area contributed by atoms with E-state index in [-0.39, 0.29) is 0 Å². The summed E-state index contributed by atoms with van der Waals surface area (Å²) in [4.78, 5) is 10.9. The molecule has 1 aromatic heterocycles. The van der Waals surface area contributed by atoms with Crippen LogP contribution in [0.4, 0.5) is 0 Å². The molecule has 0 amide bonds. The van der Waals surface area contributed by atoms with E-state index in [4.69, 9.17) is 16.0 Å². The molecule has 13 heavy (non-hydrogen) atoms. The molecule has 0 aliphatic carbocycles. The molecule has 2 nitrogen and oxygen atoms in total. The molecule has 0 saturated carbocycles. The van der Waals surface area contributed by atoms with Crippen molar-refractivity contribution in [2.75, 3.05) is 0 Å². The topological polar surface area (TPSA) is 30.2 Å². The zero-order valence-electron chi connectivity index (χ0n) is 6.38. The minimum Gasteiger partial charge on any atom is -0.423 e. The van der Waals surface area contributed by atoms with E-state index in [1.165, 1.54) is 6.07 Å². The van der Waals surface area contributed by atoms with Crippen molar-refractivity contribution in [2.45, 2.75) is 0 Å². The first kappa shape index (κ1) is 8.78. The number of rotatable bonds is 0. The predicted molar refractivity (Wildman–Crippen MR) is 55.2 cm³/mol.